The van der Waals surface area contributed by atoms with Crippen LogP contribution in [-0.2, 0) is 4.79 Å². The van der Waals surface area contributed by atoms with E-state index in [1.807, 2.05) is 31.2 Å². The SMILES string of the molecule is Cc1ccc(N2C[C@H](NC(=O)c3cc4ccccc4oc3=O)CC2=O)cc1. The molecule has 1 aromatic heterocycles. The number of nitrogens with one attached hydrogen (secondary N) is 1. The zero-order valence-electron chi connectivity index (χ0n) is 14.8. The van der Waals surface area contributed by atoms with Crippen molar-refractivity contribution in [1.82, 2.24) is 5.32 Å². The van der Waals surface area contributed by atoms with E-state index in [0.717, 1.165) is 11.3 Å². The summed E-state index contributed by atoms with van der Waals surface area (Å²) in [6.45, 7) is 2.35. The zero-order chi connectivity index (χ0) is 19.0. The summed E-state index contributed by atoms with van der Waals surface area (Å²) < 4.78 is 5.21. The normalized spacial score (nSPS) is 16.7. The van der Waals surface area contributed by atoms with Gasteiger partial charge in [-0.1, -0.05) is 35.9 Å². The fraction of sp³-hybridized carbons (Fsp3) is 0.190. The molecule has 2 heterocycles. The van der Waals surface area contributed by atoms with Gasteiger partial charge in [-0.15, -0.1) is 0 Å². The van der Waals surface area contributed by atoms with Crippen molar-refractivity contribution in [2.45, 2.75) is 19.4 Å². The van der Waals surface area contributed by atoms with Crippen LogP contribution in [0.15, 0.2) is 63.8 Å². The van der Waals surface area contributed by atoms with Crippen molar-refractivity contribution in [2.75, 3.05) is 11.4 Å². The van der Waals surface area contributed by atoms with E-state index in [1.165, 1.54) is 6.07 Å². The quantitative estimate of drug-likeness (QED) is 0.727. The summed E-state index contributed by atoms with van der Waals surface area (Å²) in [5, 5.41) is 3.45. The van der Waals surface area contributed by atoms with E-state index in [9.17, 15) is 14.4 Å². The molecule has 0 spiro atoms. The molecule has 2 amide bonds. The van der Waals surface area contributed by atoms with Gasteiger partial charge in [-0.05, 0) is 31.2 Å². The van der Waals surface area contributed by atoms with Crippen molar-refractivity contribution < 1.29 is 14.0 Å². The number of amides is 2. The Balaban J connectivity index is 1.52. The number of hydrogen-bond donors (Lipinski definition) is 1. The smallest absolute Gasteiger partial charge is 0.349 e. The predicted molar refractivity (Wildman–Crippen MR) is 102 cm³/mol. The van der Waals surface area contributed by atoms with Crippen molar-refractivity contribution in [3.8, 4) is 0 Å². The van der Waals surface area contributed by atoms with Gasteiger partial charge < -0.3 is 14.6 Å². The van der Waals surface area contributed by atoms with Crippen molar-refractivity contribution in [3.63, 3.8) is 0 Å². The summed E-state index contributed by atoms with van der Waals surface area (Å²) in [5.74, 6) is -0.590. The van der Waals surface area contributed by atoms with E-state index >= 15 is 0 Å². The Morgan fingerprint density at radius 3 is 2.63 bits per heavy atom. The third kappa shape index (κ3) is 3.33. The maximum absolute atomic E-state index is 12.6. The van der Waals surface area contributed by atoms with Crippen LogP contribution < -0.4 is 15.8 Å². The van der Waals surface area contributed by atoms with Crippen LogP contribution in [0.3, 0.4) is 0 Å². The summed E-state index contributed by atoms with van der Waals surface area (Å²) in [6, 6.07) is 15.8. The highest BCUT2D eigenvalue weighted by atomic mass is 16.4. The van der Waals surface area contributed by atoms with Gasteiger partial charge in [0.1, 0.15) is 11.1 Å². The molecule has 4 rings (SSSR count). The Hall–Kier alpha value is -3.41. The van der Waals surface area contributed by atoms with Crippen LogP contribution in [0.4, 0.5) is 5.69 Å². The number of fused-ring (bicyclic) bond motifs is 1. The number of carbonyl (C=O) groups is 2. The molecule has 6 heteroatoms. The lowest BCUT2D eigenvalue weighted by Crippen LogP contribution is -2.39. The molecular weight excluding hydrogens is 344 g/mol. The Bertz CT molecular complexity index is 1090. The molecule has 0 saturated carbocycles. The fourth-order valence-electron chi connectivity index (χ4n) is 3.26. The summed E-state index contributed by atoms with van der Waals surface area (Å²) >= 11 is 0. The predicted octanol–water partition coefficient (Wildman–Crippen LogP) is 2.64. The average molecular weight is 362 g/mol. The molecule has 0 bridgehead atoms. The van der Waals surface area contributed by atoms with E-state index in [1.54, 1.807) is 29.2 Å². The van der Waals surface area contributed by atoms with Crippen LogP contribution in [0.2, 0.25) is 0 Å². The number of para-hydroxylation sites is 1. The number of hydrogen-bond acceptors (Lipinski definition) is 4. The number of anilines is 1. The maximum atomic E-state index is 12.6. The van der Waals surface area contributed by atoms with Gasteiger partial charge in [0, 0.05) is 24.0 Å². The third-order valence-corrected chi connectivity index (χ3v) is 4.69. The number of carbonyl (C=O) groups excluding carboxylic acids is 2. The third-order valence-electron chi connectivity index (χ3n) is 4.69. The van der Waals surface area contributed by atoms with Gasteiger partial charge >= 0.3 is 5.63 Å². The minimum Gasteiger partial charge on any atom is -0.422 e. The first-order chi connectivity index (χ1) is 13.0. The van der Waals surface area contributed by atoms with Gasteiger partial charge in [0.2, 0.25) is 5.91 Å². The highest BCUT2D eigenvalue weighted by Gasteiger charge is 2.32. The first-order valence-corrected chi connectivity index (χ1v) is 8.72. The molecule has 0 radical (unpaired) electrons. The standard InChI is InChI=1S/C21H18N2O4/c1-13-6-8-16(9-7-13)23-12-15(11-19(23)24)22-20(25)17-10-14-4-2-3-5-18(14)27-21(17)26/h2-10,15H,11-12H2,1H3,(H,22,25)/t15-/m1/s1. The molecule has 1 N–H and O–H groups in total. The lowest BCUT2D eigenvalue weighted by molar-refractivity contribution is -0.117. The van der Waals surface area contributed by atoms with E-state index in [4.69, 9.17) is 4.42 Å². The molecule has 0 unspecified atom stereocenters. The Morgan fingerprint density at radius 1 is 1.11 bits per heavy atom. The van der Waals surface area contributed by atoms with Crippen LogP contribution in [0, 0.1) is 6.92 Å². The Morgan fingerprint density at radius 2 is 1.85 bits per heavy atom. The second-order valence-electron chi connectivity index (χ2n) is 6.70. The van der Waals surface area contributed by atoms with Crippen molar-refractivity contribution >= 4 is 28.5 Å². The summed E-state index contributed by atoms with van der Waals surface area (Å²) in [6.07, 6.45) is 0.193. The molecule has 3 aromatic rings. The van der Waals surface area contributed by atoms with Gasteiger partial charge in [0.15, 0.2) is 0 Å². The molecule has 27 heavy (non-hydrogen) atoms. The zero-order valence-corrected chi connectivity index (χ0v) is 14.8. The first-order valence-electron chi connectivity index (χ1n) is 8.72. The second kappa shape index (κ2) is 6.72. The van der Waals surface area contributed by atoms with Crippen LogP contribution in [0.25, 0.3) is 11.0 Å². The van der Waals surface area contributed by atoms with Crippen LogP contribution in [0.1, 0.15) is 22.3 Å². The van der Waals surface area contributed by atoms with Crippen molar-refractivity contribution in [3.05, 3.63) is 76.1 Å². The van der Waals surface area contributed by atoms with Gasteiger partial charge in [-0.25, -0.2) is 4.79 Å². The number of aryl methyl sites for hydroxylation is 1. The summed E-state index contributed by atoms with van der Waals surface area (Å²) in [4.78, 5) is 38.7. The lowest BCUT2D eigenvalue weighted by Gasteiger charge is -2.17. The Labute approximate surface area is 155 Å². The average Bonchev–Trinajstić information content (AvgIpc) is 3.01. The monoisotopic (exact) mass is 362 g/mol. The number of benzene rings is 2. The largest absolute Gasteiger partial charge is 0.422 e. The van der Waals surface area contributed by atoms with Crippen molar-refractivity contribution in [1.29, 1.82) is 0 Å². The van der Waals surface area contributed by atoms with Gasteiger partial charge in [0.25, 0.3) is 5.91 Å². The van der Waals surface area contributed by atoms with E-state index in [2.05, 4.69) is 5.32 Å². The minimum atomic E-state index is -0.689. The highest BCUT2D eigenvalue weighted by molar-refractivity contribution is 5.99. The van der Waals surface area contributed by atoms with Crippen molar-refractivity contribution in [2.24, 2.45) is 0 Å². The van der Waals surface area contributed by atoms with Crippen LogP contribution >= 0.6 is 0 Å². The van der Waals surface area contributed by atoms with Gasteiger partial charge in [0.05, 0.1) is 6.04 Å². The first kappa shape index (κ1) is 17.0. The summed E-state index contributed by atoms with van der Waals surface area (Å²) in [5.41, 5.74) is 1.59. The lowest BCUT2D eigenvalue weighted by atomic mass is 10.1. The van der Waals surface area contributed by atoms with E-state index in [0.29, 0.717) is 17.5 Å². The van der Waals surface area contributed by atoms with Crippen LogP contribution in [0.5, 0.6) is 0 Å². The summed E-state index contributed by atoms with van der Waals surface area (Å²) in [7, 11) is 0. The minimum absolute atomic E-state index is 0.0602. The highest BCUT2D eigenvalue weighted by Crippen LogP contribution is 2.22. The molecule has 1 fully saturated rings. The van der Waals surface area contributed by atoms with Gasteiger partial charge in [-0.2, -0.15) is 0 Å². The molecule has 6 nitrogen and oxygen atoms in total. The number of rotatable bonds is 3. The van der Waals surface area contributed by atoms with E-state index in [-0.39, 0.29) is 23.9 Å². The second-order valence-corrected chi connectivity index (χ2v) is 6.70. The molecule has 1 aliphatic heterocycles. The molecular formula is C21H18N2O4. The Kier molecular flexibility index (Phi) is 4.24. The maximum Gasteiger partial charge on any atom is 0.349 e. The topological polar surface area (TPSA) is 79.6 Å². The molecule has 136 valence electrons. The molecule has 1 atom stereocenters. The molecule has 2 aromatic carbocycles. The fourth-order valence-corrected chi connectivity index (χ4v) is 3.26. The van der Waals surface area contributed by atoms with Crippen LogP contribution in [-0.4, -0.2) is 24.4 Å². The molecule has 1 aliphatic rings. The molecule has 1 saturated heterocycles. The molecule has 0 aliphatic carbocycles. The van der Waals surface area contributed by atoms with Gasteiger partial charge in [-0.3, -0.25) is 9.59 Å². The number of nitrogens with zero attached hydrogens (tertiary/aromatic N) is 1. The van der Waals surface area contributed by atoms with E-state index < -0.39 is 11.5 Å².